The molecule has 0 radical (unpaired) electrons. The summed E-state index contributed by atoms with van der Waals surface area (Å²) in [5.74, 6) is -0.0918. The molecule has 1 aliphatic carbocycles. The molecular weight excluding hydrogens is 178 g/mol. The highest BCUT2D eigenvalue weighted by atomic mass is 16.5. The fraction of sp³-hybridized carbons (Fsp3) is 0.909. The molecule has 3 nitrogen and oxygen atoms in total. The summed E-state index contributed by atoms with van der Waals surface area (Å²) in [6, 6.07) is 0.326. The second-order valence-corrected chi connectivity index (χ2v) is 4.43. The fourth-order valence-electron chi connectivity index (χ4n) is 2.31. The van der Waals surface area contributed by atoms with Crippen molar-refractivity contribution >= 4 is 5.97 Å². The average molecular weight is 199 g/mol. The van der Waals surface area contributed by atoms with Crippen molar-refractivity contribution in [1.29, 1.82) is 0 Å². The van der Waals surface area contributed by atoms with Crippen LogP contribution in [-0.4, -0.2) is 24.7 Å². The topological polar surface area (TPSA) is 38.3 Å². The number of carbonyl (C=O) groups excluding carboxylic acids is 1. The van der Waals surface area contributed by atoms with Crippen molar-refractivity contribution < 1.29 is 9.53 Å². The average Bonchev–Trinajstić information content (AvgIpc) is 2.17. The maximum Gasteiger partial charge on any atom is 0.326 e. The van der Waals surface area contributed by atoms with Gasteiger partial charge in [-0.1, -0.05) is 19.3 Å². The van der Waals surface area contributed by atoms with Crippen molar-refractivity contribution in [2.45, 2.75) is 57.5 Å². The summed E-state index contributed by atoms with van der Waals surface area (Å²) in [4.78, 5) is 11.7. The number of methoxy groups -OCH3 is 1. The number of rotatable bonds is 3. The van der Waals surface area contributed by atoms with Gasteiger partial charge in [-0.05, 0) is 26.7 Å². The van der Waals surface area contributed by atoms with E-state index in [9.17, 15) is 4.79 Å². The highest BCUT2D eigenvalue weighted by molar-refractivity contribution is 5.80. The van der Waals surface area contributed by atoms with E-state index in [0.717, 1.165) is 25.7 Å². The maximum absolute atomic E-state index is 11.7. The second kappa shape index (κ2) is 4.78. The molecule has 1 N–H and O–H groups in total. The minimum absolute atomic E-state index is 0.0918. The number of esters is 1. The first-order chi connectivity index (χ1) is 6.60. The van der Waals surface area contributed by atoms with Gasteiger partial charge in [0.05, 0.1) is 7.11 Å². The highest BCUT2D eigenvalue weighted by Gasteiger charge is 2.40. The Morgan fingerprint density at radius 2 is 1.86 bits per heavy atom. The van der Waals surface area contributed by atoms with Gasteiger partial charge in [-0.15, -0.1) is 0 Å². The van der Waals surface area contributed by atoms with Crippen molar-refractivity contribution in [2.75, 3.05) is 7.11 Å². The zero-order chi connectivity index (χ0) is 10.6. The van der Waals surface area contributed by atoms with Crippen LogP contribution >= 0.6 is 0 Å². The molecule has 0 bridgehead atoms. The number of ether oxygens (including phenoxy) is 1. The molecule has 1 saturated carbocycles. The van der Waals surface area contributed by atoms with Crippen LogP contribution < -0.4 is 5.32 Å². The van der Waals surface area contributed by atoms with Gasteiger partial charge < -0.3 is 4.74 Å². The van der Waals surface area contributed by atoms with Crippen LogP contribution in [0.4, 0.5) is 0 Å². The fourth-order valence-corrected chi connectivity index (χ4v) is 2.31. The molecule has 0 aliphatic heterocycles. The van der Waals surface area contributed by atoms with Crippen molar-refractivity contribution in [2.24, 2.45) is 0 Å². The van der Waals surface area contributed by atoms with E-state index < -0.39 is 5.54 Å². The molecule has 0 aromatic rings. The van der Waals surface area contributed by atoms with Gasteiger partial charge >= 0.3 is 5.97 Å². The molecule has 0 saturated heterocycles. The Hall–Kier alpha value is -0.570. The van der Waals surface area contributed by atoms with E-state index in [2.05, 4.69) is 19.2 Å². The monoisotopic (exact) mass is 199 g/mol. The number of nitrogens with one attached hydrogen (secondary N) is 1. The summed E-state index contributed by atoms with van der Waals surface area (Å²) in [6.45, 7) is 4.14. The Morgan fingerprint density at radius 3 is 2.29 bits per heavy atom. The molecular formula is C11H21NO2. The van der Waals surface area contributed by atoms with Gasteiger partial charge in [0.1, 0.15) is 5.54 Å². The molecule has 14 heavy (non-hydrogen) atoms. The van der Waals surface area contributed by atoms with Crippen LogP contribution in [0.25, 0.3) is 0 Å². The minimum Gasteiger partial charge on any atom is -0.468 e. The molecule has 0 atom stereocenters. The molecule has 0 aromatic carbocycles. The smallest absolute Gasteiger partial charge is 0.326 e. The van der Waals surface area contributed by atoms with Crippen molar-refractivity contribution in [3.05, 3.63) is 0 Å². The predicted octanol–water partition coefficient (Wildman–Crippen LogP) is 1.86. The summed E-state index contributed by atoms with van der Waals surface area (Å²) in [7, 11) is 1.47. The van der Waals surface area contributed by atoms with Gasteiger partial charge in [0.25, 0.3) is 0 Å². The van der Waals surface area contributed by atoms with Crippen LogP contribution in [0.1, 0.15) is 46.0 Å². The van der Waals surface area contributed by atoms with Gasteiger partial charge in [-0.2, -0.15) is 0 Å². The van der Waals surface area contributed by atoms with Crippen molar-refractivity contribution in [1.82, 2.24) is 5.32 Å². The molecule has 3 heteroatoms. The number of hydrogen-bond acceptors (Lipinski definition) is 3. The van der Waals surface area contributed by atoms with Crippen molar-refractivity contribution in [3.63, 3.8) is 0 Å². The molecule has 1 fully saturated rings. The summed E-state index contributed by atoms with van der Waals surface area (Å²) < 4.78 is 4.89. The quantitative estimate of drug-likeness (QED) is 0.705. The second-order valence-electron chi connectivity index (χ2n) is 4.43. The normalized spacial score (nSPS) is 20.9. The van der Waals surface area contributed by atoms with E-state index in [-0.39, 0.29) is 5.97 Å². The number of carbonyl (C=O) groups is 1. The minimum atomic E-state index is -0.402. The van der Waals surface area contributed by atoms with Crippen LogP contribution in [-0.2, 0) is 9.53 Å². The van der Waals surface area contributed by atoms with E-state index in [1.54, 1.807) is 0 Å². The Balaban J connectivity index is 2.71. The van der Waals surface area contributed by atoms with Crippen LogP contribution in [0.2, 0.25) is 0 Å². The molecule has 0 heterocycles. The van der Waals surface area contributed by atoms with E-state index >= 15 is 0 Å². The Labute approximate surface area is 86.2 Å². The van der Waals surface area contributed by atoms with Crippen LogP contribution in [0.3, 0.4) is 0 Å². The molecule has 1 rings (SSSR count). The lowest BCUT2D eigenvalue weighted by Gasteiger charge is -2.36. The zero-order valence-electron chi connectivity index (χ0n) is 9.43. The summed E-state index contributed by atoms with van der Waals surface area (Å²) in [6.07, 6.45) is 5.30. The molecule has 0 unspecified atom stereocenters. The lowest BCUT2D eigenvalue weighted by molar-refractivity contribution is -0.150. The third-order valence-corrected chi connectivity index (χ3v) is 2.85. The van der Waals surface area contributed by atoms with E-state index in [1.807, 2.05) is 0 Å². The predicted molar refractivity (Wildman–Crippen MR) is 56.1 cm³/mol. The summed E-state index contributed by atoms with van der Waals surface area (Å²) >= 11 is 0. The molecule has 1 aliphatic rings. The standard InChI is InChI=1S/C11H21NO2/c1-9(2)12-11(10(13)14-3)7-5-4-6-8-11/h9,12H,4-8H2,1-3H3. The SMILES string of the molecule is COC(=O)C1(NC(C)C)CCCCC1. The first kappa shape index (κ1) is 11.5. The molecule has 0 amide bonds. The third-order valence-electron chi connectivity index (χ3n) is 2.85. The first-order valence-corrected chi connectivity index (χ1v) is 5.47. The van der Waals surface area contributed by atoms with Gasteiger partial charge in [0.2, 0.25) is 0 Å². The molecule has 0 spiro atoms. The van der Waals surface area contributed by atoms with Gasteiger partial charge in [0, 0.05) is 6.04 Å². The largest absolute Gasteiger partial charge is 0.468 e. The third kappa shape index (κ3) is 2.47. The lowest BCUT2D eigenvalue weighted by Crippen LogP contribution is -2.56. The van der Waals surface area contributed by atoms with Crippen LogP contribution in [0.15, 0.2) is 0 Å². The van der Waals surface area contributed by atoms with Gasteiger partial charge in [0.15, 0.2) is 0 Å². The number of hydrogen-bond donors (Lipinski definition) is 1. The van der Waals surface area contributed by atoms with E-state index in [4.69, 9.17) is 4.74 Å². The highest BCUT2D eigenvalue weighted by Crippen LogP contribution is 2.29. The van der Waals surface area contributed by atoms with E-state index in [0.29, 0.717) is 6.04 Å². The Kier molecular flexibility index (Phi) is 3.93. The van der Waals surface area contributed by atoms with Gasteiger partial charge in [-0.3, -0.25) is 10.1 Å². The van der Waals surface area contributed by atoms with Crippen LogP contribution in [0.5, 0.6) is 0 Å². The zero-order valence-corrected chi connectivity index (χ0v) is 9.43. The summed E-state index contributed by atoms with van der Waals surface area (Å²) in [5.41, 5.74) is -0.402. The van der Waals surface area contributed by atoms with E-state index in [1.165, 1.54) is 13.5 Å². The van der Waals surface area contributed by atoms with Gasteiger partial charge in [-0.25, -0.2) is 0 Å². The Bertz CT molecular complexity index is 195. The summed E-state index contributed by atoms with van der Waals surface area (Å²) in [5, 5.41) is 3.37. The van der Waals surface area contributed by atoms with Crippen molar-refractivity contribution in [3.8, 4) is 0 Å². The molecule has 82 valence electrons. The van der Waals surface area contributed by atoms with Crippen LogP contribution in [0, 0.1) is 0 Å². The lowest BCUT2D eigenvalue weighted by atomic mass is 9.81. The Morgan fingerprint density at radius 1 is 1.29 bits per heavy atom. The first-order valence-electron chi connectivity index (χ1n) is 5.47. The maximum atomic E-state index is 11.7. The molecule has 0 aromatic heterocycles.